The average molecular weight is 194 g/mol. The summed E-state index contributed by atoms with van der Waals surface area (Å²) in [5.74, 6) is 0. The standard InChI is InChI=1S/C6H19OPSi2/c1-9(2,3)8(7)10(4,5)6/h7H,1-6H3. The van der Waals surface area contributed by atoms with E-state index in [0.717, 1.165) is 0 Å². The fourth-order valence-electron chi connectivity index (χ4n) is 1.01. The van der Waals surface area contributed by atoms with Crippen LogP contribution >= 0.6 is 7.24 Å². The van der Waals surface area contributed by atoms with Crippen molar-refractivity contribution in [3.8, 4) is 0 Å². The molecule has 1 N–H and O–H groups in total. The molecule has 0 bridgehead atoms. The monoisotopic (exact) mass is 194 g/mol. The minimum atomic E-state index is -1.21. The molecule has 0 fully saturated rings. The Balaban J connectivity index is 4.23. The quantitative estimate of drug-likeness (QED) is 0.529. The Morgan fingerprint density at radius 1 is 0.800 bits per heavy atom. The highest BCUT2D eigenvalue weighted by Gasteiger charge is 2.35. The minimum absolute atomic E-state index is 0.585. The van der Waals surface area contributed by atoms with Crippen LogP contribution in [0, 0.1) is 0 Å². The third kappa shape index (κ3) is 3.28. The molecule has 0 rings (SSSR count). The van der Waals surface area contributed by atoms with Gasteiger partial charge in [-0.15, -0.1) is 0 Å². The van der Waals surface area contributed by atoms with E-state index in [0.29, 0.717) is 0 Å². The van der Waals surface area contributed by atoms with Gasteiger partial charge in [-0.2, -0.15) is 0 Å². The molecule has 1 nitrogen and oxygen atoms in total. The molecule has 0 unspecified atom stereocenters. The highest BCUT2D eigenvalue weighted by Crippen LogP contribution is 2.50. The number of rotatable bonds is 2. The molecule has 0 aliphatic heterocycles. The van der Waals surface area contributed by atoms with E-state index in [-0.39, 0.29) is 0 Å². The Labute approximate surface area is 67.4 Å². The molecule has 0 atom stereocenters. The molecule has 0 aromatic carbocycles. The second-order valence-corrected chi connectivity index (χ2v) is 25.9. The van der Waals surface area contributed by atoms with Crippen molar-refractivity contribution in [1.82, 2.24) is 0 Å². The molecule has 4 heteroatoms. The highest BCUT2D eigenvalue weighted by atomic mass is 31.6. The van der Waals surface area contributed by atoms with Crippen LogP contribution in [0.15, 0.2) is 0 Å². The summed E-state index contributed by atoms with van der Waals surface area (Å²) in [5.41, 5.74) is 0. The Bertz CT molecular complexity index is 99.9. The fraction of sp³-hybridized carbons (Fsp3) is 1.00. The van der Waals surface area contributed by atoms with Gasteiger partial charge in [0, 0.05) is 0 Å². The molecule has 10 heavy (non-hydrogen) atoms. The van der Waals surface area contributed by atoms with Gasteiger partial charge in [0.15, 0.2) is 0 Å². The second-order valence-electron chi connectivity index (χ2n) is 4.65. The topological polar surface area (TPSA) is 20.2 Å². The van der Waals surface area contributed by atoms with Crippen LogP contribution in [0.25, 0.3) is 0 Å². The van der Waals surface area contributed by atoms with Crippen LogP contribution in [-0.4, -0.2) is 20.4 Å². The van der Waals surface area contributed by atoms with Crippen molar-refractivity contribution < 1.29 is 4.89 Å². The molecular weight excluding hydrogens is 175 g/mol. The lowest BCUT2D eigenvalue weighted by atomic mass is 11.8. The van der Waals surface area contributed by atoms with Crippen LogP contribution in [0.1, 0.15) is 0 Å². The van der Waals surface area contributed by atoms with Crippen molar-refractivity contribution in [2.24, 2.45) is 0 Å². The van der Waals surface area contributed by atoms with Crippen molar-refractivity contribution in [3.05, 3.63) is 0 Å². The van der Waals surface area contributed by atoms with Gasteiger partial charge in [-0.3, -0.25) is 0 Å². The Morgan fingerprint density at radius 2 is 1.00 bits per heavy atom. The van der Waals surface area contributed by atoms with E-state index in [4.69, 9.17) is 0 Å². The maximum absolute atomic E-state index is 9.91. The molecule has 0 spiro atoms. The van der Waals surface area contributed by atoms with Crippen molar-refractivity contribution in [2.45, 2.75) is 39.3 Å². The summed E-state index contributed by atoms with van der Waals surface area (Å²) in [4.78, 5) is 9.91. The van der Waals surface area contributed by atoms with Crippen LogP contribution in [0.2, 0.25) is 39.3 Å². The number of hydrogen-bond donors (Lipinski definition) is 1. The van der Waals surface area contributed by atoms with E-state index in [1.165, 1.54) is 0 Å². The summed E-state index contributed by atoms with van der Waals surface area (Å²) in [7, 11) is -3.01. The summed E-state index contributed by atoms with van der Waals surface area (Å²) < 4.78 is 0. The fourth-order valence-corrected chi connectivity index (χ4v) is 27.2. The molecule has 0 aliphatic rings. The zero-order valence-corrected chi connectivity index (χ0v) is 10.8. The molecule has 62 valence electrons. The number of hydrogen-bond acceptors (Lipinski definition) is 1. The van der Waals surface area contributed by atoms with Gasteiger partial charge in [0.2, 0.25) is 0 Å². The second kappa shape index (κ2) is 3.05. The maximum Gasteiger partial charge on any atom is 0.0993 e. The molecule has 0 saturated heterocycles. The van der Waals surface area contributed by atoms with Crippen molar-refractivity contribution >= 4 is 22.7 Å². The van der Waals surface area contributed by atoms with E-state index < -0.39 is 22.7 Å². The van der Waals surface area contributed by atoms with E-state index in [1.807, 2.05) is 0 Å². The lowest BCUT2D eigenvalue weighted by Gasteiger charge is -2.33. The summed E-state index contributed by atoms with van der Waals surface area (Å²) in [6, 6.07) is 0. The van der Waals surface area contributed by atoms with Crippen LogP contribution in [0.5, 0.6) is 0 Å². The molecule has 0 aromatic rings. The first-order valence-electron chi connectivity index (χ1n) is 3.65. The zero-order valence-electron chi connectivity index (χ0n) is 7.89. The molecule has 0 heterocycles. The van der Waals surface area contributed by atoms with Gasteiger partial charge in [-0.25, -0.2) is 0 Å². The first-order valence-corrected chi connectivity index (χ1v) is 13.6. The molecule has 0 amide bonds. The minimum Gasteiger partial charge on any atom is -0.383 e. The molecule has 0 saturated carbocycles. The first kappa shape index (κ1) is 10.8. The SMILES string of the molecule is C[Si](C)(C)P(O)[Si](C)(C)C. The largest absolute Gasteiger partial charge is 0.383 e. The maximum atomic E-state index is 9.91. The summed E-state index contributed by atoms with van der Waals surface area (Å²) >= 11 is 0. The van der Waals surface area contributed by atoms with E-state index in [9.17, 15) is 4.89 Å². The van der Waals surface area contributed by atoms with Gasteiger partial charge in [0.25, 0.3) is 0 Å². The first-order chi connectivity index (χ1) is 4.15. The lowest BCUT2D eigenvalue weighted by molar-refractivity contribution is 0.649. The van der Waals surface area contributed by atoms with Gasteiger partial charge in [-0.05, 0) is 7.24 Å². The predicted molar refractivity (Wildman–Crippen MR) is 55.8 cm³/mol. The summed E-state index contributed by atoms with van der Waals surface area (Å²) in [6.45, 7) is 13.6. The Hall–Kier alpha value is 0.824. The van der Waals surface area contributed by atoms with Crippen molar-refractivity contribution in [2.75, 3.05) is 0 Å². The zero-order chi connectivity index (χ0) is 8.58. The van der Waals surface area contributed by atoms with E-state index in [2.05, 4.69) is 39.3 Å². The van der Waals surface area contributed by atoms with Crippen LogP contribution in [-0.2, 0) is 0 Å². The van der Waals surface area contributed by atoms with Crippen molar-refractivity contribution in [3.63, 3.8) is 0 Å². The third-order valence-electron chi connectivity index (χ3n) is 1.27. The smallest absolute Gasteiger partial charge is 0.0993 e. The molecule has 0 aromatic heterocycles. The molecule has 0 radical (unpaired) electrons. The summed E-state index contributed by atoms with van der Waals surface area (Å²) in [6.07, 6.45) is 0. The lowest BCUT2D eigenvalue weighted by Crippen LogP contribution is -2.31. The highest BCUT2D eigenvalue weighted by molar-refractivity contribution is 8.15. The normalized spacial score (nSPS) is 14.4. The summed E-state index contributed by atoms with van der Waals surface area (Å²) in [5, 5.41) is 0. The van der Waals surface area contributed by atoms with Crippen LogP contribution < -0.4 is 0 Å². The van der Waals surface area contributed by atoms with Gasteiger partial charge in [0.1, 0.15) is 0 Å². The average Bonchev–Trinajstić information content (AvgIpc) is 1.59. The predicted octanol–water partition coefficient (Wildman–Crippen LogP) is 3.05. The van der Waals surface area contributed by atoms with Crippen molar-refractivity contribution in [1.29, 1.82) is 0 Å². The Kier molecular flexibility index (Phi) is 3.31. The third-order valence-corrected chi connectivity index (χ3v) is 23.5. The van der Waals surface area contributed by atoms with Gasteiger partial charge in [-0.1, -0.05) is 39.3 Å². The van der Waals surface area contributed by atoms with Gasteiger partial charge >= 0.3 is 0 Å². The van der Waals surface area contributed by atoms with Gasteiger partial charge in [0.05, 0.1) is 15.5 Å². The Morgan fingerprint density at radius 3 is 1.00 bits per heavy atom. The molecular formula is C6H19OPSi2. The van der Waals surface area contributed by atoms with Crippen LogP contribution in [0.4, 0.5) is 0 Å². The van der Waals surface area contributed by atoms with Gasteiger partial charge < -0.3 is 4.89 Å². The van der Waals surface area contributed by atoms with E-state index in [1.54, 1.807) is 0 Å². The molecule has 0 aliphatic carbocycles. The van der Waals surface area contributed by atoms with Crippen LogP contribution in [0.3, 0.4) is 0 Å². The van der Waals surface area contributed by atoms with E-state index >= 15 is 0 Å².